The molecule has 0 amide bonds. The second kappa shape index (κ2) is 5.59. The molecule has 0 aliphatic carbocycles. The van der Waals surface area contributed by atoms with Gasteiger partial charge >= 0.3 is 0 Å². The molecule has 0 spiro atoms. The average molecular weight is 340 g/mol. The molecular formula is C15H15Cl2N3S. The minimum atomic E-state index is -0.181. The highest BCUT2D eigenvalue weighted by molar-refractivity contribution is 7.09. The van der Waals surface area contributed by atoms with Crippen molar-refractivity contribution in [2.75, 3.05) is 0 Å². The fraction of sp³-hybridized carbons (Fsp3) is 0.333. The number of benzene rings is 1. The zero-order valence-corrected chi connectivity index (χ0v) is 14.3. The highest BCUT2D eigenvalue weighted by Gasteiger charge is 2.22. The van der Waals surface area contributed by atoms with Crippen molar-refractivity contribution >= 4 is 45.6 Å². The van der Waals surface area contributed by atoms with Crippen molar-refractivity contribution in [1.82, 2.24) is 14.5 Å². The molecule has 2 heterocycles. The van der Waals surface area contributed by atoms with Crippen molar-refractivity contribution in [1.29, 1.82) is 0 Å². The van der Waals surface area contributed by atoms with Crippen molar-refractivity contribution in [3.05, 3.63) is 45.1 Å². The number of hydrogen-bond acceptors (Lipinski definition) is 3. The molecule has 0 N–H and O–H groups in total. The van der Waals surface area contributed by atoms with E-state index in [1.807, 2.05) is 32.0 Å². The van der Waals surface area contributed by atoms with E-state index < -0.39 is 0 Å². The largest absolute Gasteiger partial charge is 0.317 e. The molecule has 0 aliphatic rings. The first-order valence-electron chi connectivity index (χ1n) is 6.71. The van der Waals surface area contributed by atoms with Gasteiger partial charge in [-0.25, -0.2) is 9.97 Å². The van der Waals surface area contributed by atoms with Crippen LogP contribution in [0.15, 0.2) is 23.6 Å². The molecule has 3 rings (SSSR count). The Bertz CT molecular complexity index is 791. The number of thiazole rings is 1. The Balaban J connectivity index is 2.23. The van der Waals surface area contributed by atoms with Crippen LogP contribution in [0, 0.1) is 6.92 Å². The van der Waals surface area contributed by atoms with Gasteiger partial charge in [-0.2, -0.15) is 0 Å². The normalized spacial score (nSPS) is 14.5. The van der Waals surface area contributed by atoms with E-state index in [0.717, 1.165) is 27.6 Å². The molecule has 1 aromatic carbocycles. The smallest absolute Gasteiger partial charge is 0.128 e. The van der Waals surface area contributed by atoms with Gasteiger partial charge in [0.2, 0.25) is 0 Å². The van der Waals surface area contributed by atoms with E-state index in [1.165, 1.54) is 0 Å². The molecule has 2 atom stereocenters. The third kappa shape index (κ3) is 2.68. The summed E-state index contributed by atoms with van der Waals surface area (Å²) in [5.41, 5.74) is 2.93. The summed E-state index contributed by atoms with van der Waals surface area (Å²) in [6, 6.07) is 5.78. The molecule has 0 fully saturated rings. The van der Waals surface area contributed by atoms with E-state index >= 15 is 0 Å². The monoisotopic (exact) mass is 339 g/mol. The zero-order valence-electron chi connectivity index (χ0n) is 12.0. The third-order valence-electron chi connectivity index (χ3n) is 3.42. The third-order valence-corrected chi connectivity index (χ3v) is 4.98. The van der Waals surface area contributed by atoms with Crippen LogP contribution in [-0.4, -0.2) is 14.5 Å². The molecule has 0 saturated carbocycles. The van der Waals surface area contributed by atoms with Crippen LogP contribution >= 0.6 is 34.5 Å². The average Bonchev–Trinajstić information content (AvgIpc) is 3.01. The van der Waals surface area contributed by atoms with E-state index in [-0.39, 0.29) is 11.4 Å². The van der Waals surface area contributed by atoms with Crippen LogP contribution < -0.4 is 0 Å². The van der Waals surface area contributed by atoms with Gasteiger partial charge in [-0.05, 0) is 39.0 Å². The van der Waals surface area contributed by atoms with Crippen molar-refractivity contribution in [2.45, 2.75) is 32.2 Å². The van der Waals surface area contributed by atoms with Gasteiger partial charge in [-0.3, -0.25) is 0 Å². The van der Waals surface area contributed by atoms with Gasteiger partial charge in [-0.1, -0.05) is 11.6 Å². The minimum Gasteiger partial charge on any atom is -0.317 e. The Morgan fingerprint density at radius 2 is 2.00 bits per heavy atom. The van der Waals surface area contributed by atoms with Crippen LogP contribution in [0.5, 0.6) is 0 Å². The standard InChI is InChI=1S/C15H15Cl2N3S/c1-8-7-21-15(18-8)10(3)20-13-6-11(17)4-5-12(13)19-14(20)9(2)16/h4-7,9-10H,1-3H3. The summed E-state index contributed by atoms with van der Waals surface area (Å²) in [4.78, 5) is 9.25. The van der Waals surface area contributed by atoms with E-state index in [1.54, 1.807) is 11.3 Å². The maximum Gasteiger partial charge on any atom is 0.128 e. The Kier molecular flexibility index (Phi) is 3.95. The fourth-order valence-electron chi connectivity index (χ4n) is 2.45. The summed E-state index contributed by atoms with van der Waals surface area (Å²) < 4.78 is 2.14. The van der Waals surface area contributed by atoms with Crippen LogP contribution in [0.4, 0.5) is 0 Å². The first-order chi connectivity index (χ1) is 9.97. The Labute approximate surface area is 137 Å². The molecule has 0 bridgehead atoms. The Hall–Kier alpha value is -1.10. The van der Waals surface area contributed by atoms with Crippen LogP contribution in [-0.2, 0) is 0 Å². The molecule has 0 aliphatic heterocycles. The molecule has 3 aromatic rings. The summed E-state index contributed by atoms with van der Waals surface area (Å²) in [5, 5.41) is 3.62. The molecule has 0 saturated heterocycles. The van der Waals surface area contributed by atoms with Gasteiger partial charge in [0.25, 0.3) is 0 Å². The summed E-state index contributed by atoms with van der Waals surface area (Å²) in [7, 11) is 0. The highest BCUT2D eigenvalue weighted by atomic mass is 35.5. The maximum absolute atomic E-state index is 6.32. The Morgan fingerprint density at radius 1 is 1.24 bits per heavy atom. The first kappa shape index (κ1) is 14.8. The van der Waals surface area contributed by atoms with Gasteiger partial charge < -0.3 is 4.57 Å². The number of halogens is 2. The van der Waals surface area contributed by atoms with Crippen LogP contribution in [0.25, 0.3) is 11.0 Å². The molecule has 110 valence electrons. The van der Waals surface area contributed by atoms with Crippen LogP contribution in [0.1, 0.15) is 41.8 Å². The number of imidazole rings is 1. The highest BCUT2D eigenvalue weighted by Crippen LogP contribution is 2.33. The number of aromatic nitrogens is 3. The second-order valence-electron chi connectivity index (χ2n) is 5.09. The maximum atomic E-state index is 6.32. The molecule has 2 unspecified atom stereocenters. The van der Waals surface area contributed by atoms with Gasteiger partial charge in [0.1, 0.15) is 10.8 Å². The van der Waals surface area contributed by atoms with Crippen LogP contribution in [0.2, 0.25) is 5.02 Å². The minimum absolute atomic E-state index is 0.0726. The lowest BCUT2D eigenvalue weighted by Crippen LogP contribution is -2.11. The van der Waals surface area contributed by atoms with Crippen molar-refractivity contribution in [3.63, 3.8) is 0 Å². The Morgan fingerprint density at radius 3 is 2.62 bits per heavy atom. The van der Waals surface area contributed by atoms with Gasteiger partial charge in [0.15, 0.2) is 0 Å². The zero-order chi connectivity index (χ0) is 15.1. The SMILES string of the molecule is Cc1csc(C(C)n2c(C(C)Cl)nc3ccc(Cl)cc32)n1. The first-order valence-corrected chi connectivity index (χ1v) is 8.40. The quantitative estimate of drug-likeness (QED) is 0.601. The summed E-state index contributed by atoms with van der Waals surface area (Å²) in [5.74, 6) is 0.842. The second-order valence-corrected chi connectivity index (χ2v) is 7.07. The molecule has 2 aromatic heterocycles. The van der Waals surface area contributed by atoms with Gasteiger partial charge in [0, 0.05) is 16.1 Å². The molecule has 0 radical (unpaired) electrons. The van der Waals surface area contributed by atoms with Crippen molar-refractivity contribution in [3.8, 4) is 0 Å². The van der Waals surface area contributed by atoms with E-state index in [0.29, 0.717) is 5.02 Å². The molecule has 6 heteroatoms. The topological polar surface area (TPSA) is 30.7 Å². The molecule has 3 nitrogen and oxygen atoms in total. The summed E-state index contributed by atoms with van der Waals surface area (Å²) >= 11 is 14.1. The van der Waals surface area contributed by atoms with Gasteiger partial charge in [-0.15, -0.1) is 22.9 Å². The van der Waals surface area contributed by atoms with Crippen molar-refractivity contribution < 1.29 is 0 Å². The number of nitrogens with zero attached hydrogens (tertiary/aromatic N) is 3. The number of fused-ring (bicyclic) bond motifs is 1. The lowest BCUT2D eigenvalue weighted by molar-refractivity contribution is 0.614. The predicted molar refractivity (Wildman–Crippen MR) is 89.7 cm³/mol. The number of alkyl halides is 1. The van der Waals surface area contributed by atoms with Crippen LogP contribution in [0.3, 0.4) is 0 Å². The van der Waals surface area contributed by atoms with Gasteiger partial charge in [0.05, 0.1) is 22.5 Å². The van der Waals surface area contributed by atoms with E-state index in [9.17, 15) is 0 Å². The number of aryl methyl sites for hydroxylation is 1. The number of hydrogen-bond donors (Lipinski definition) is 0. The number of rotatable bonds is 3. The molecule has 21 heavy (non-hydrogen) atoms. The summed E-state index contributed by atoms with van der Waals surface area (Å²) in [6.07, 6.45) is 0. The summed E-state index contributed by atoms with van der Waals surface area (Å²) in [6.45, 7) is 6.05. The van der Waals surface area contributed by atoms with Crippen molar-refractivity contribution in [2.24, 2.45) is 0 Å². The predicted octanol–water partition coefficient (Wildman–Crippen LogP) is 5.36. The fourth-order valence-corrected chi connectivity index (χ4v) is 3.61. The lowest BCUT2D eigenvalue weighted by Gasteiger charge is -2.16. The van der Waals surface area contributed by atoms with E-state index in [4.69, 9.17) is 23.2 Å². The lowest BCUT2D eigenvalue weighted by atomic mass is 10.2. The molecular weight excluding hydrogens is 325 g/mol. The van der Waals surface area contributed by atoms with E-state index in [2.05, 4.69) is 26.8 Å².